The van der Waals surface area contributed by atoms with Crippen molar-refractivity contribution in [1.82, 2.24) is 29.2 Å². The predicted molar refractivity (Wildman–Crippen MR) is 111 cm³/mol. The fourth-order valence-corrected chi connectivity index (χ4v) is 2.02. The first-order valence-electron chi connectivity index (χ1n) is 7.13. The number of fused-ring (bicyclic) bond motifs is 2. The lowest BCUT2D eigenvalue weighted by Crippen LogP contribution is -2.05. The van der Waals surface area contributed by atoms with Crippen LogP contribution in [0.2, 0.25) is 5.15 Å². The molecule has 148 valence electrons. The molecule has 0 saturated carbocycles. The highest BCUT2D eigenvalue weighted by molar-refractivity contribution is 8.24. The molecule has 0 aromatic carbocycles. The number of hydrogen-bond acceptors (Lipinski definition) is 5. The fourth-order valence-electron chi connectivity index (χ4n) is 1.88. The molecule has 0 spiro atoms. The summed E-state index contributed by atoms with van der Waals surface area (Å²) in [5.74, 6) is 0. The molecule has 4 aromatic heterocycles. The van der Waals surface area contributed by atoms with Gasteiger partial charge in [0.1, 0.15) is 10.8 Å². The number of halogens is 4. The topological polar surface area (TPSA) is 106 Å². The first-order chi connectivity index (χ1) is 13.6. The van der Waals surface area contributed by atoms with Crippen LogP contribution < -0.4 is 5.56 Å². The lowest BCUT2D eigenvalue weighted by molar-refractivity contribution is 0.600. The molecule has 4 heterocycles. The molecule has 0 amide bonds. The van der Waals surface area contributed by atoms with Crippen LogP contribution in [-0.2, 0) is 4.57 Å². The van der Waals surface area contributed by atoms with Crippen LogP contribution in [0.15, 0.2) is 41.7 Å². The Morgan fingerprint density at radius 2 is 1.55 bits per heavy atom. The Kier molecular flexibility index (Phi) is 7.63. The third kappa shape index (κ3) is 6.75. The Morgan fingerprint density at radius 3 is 2.17 bits per heavy atom. The molecule has 0 bridgehead atoms. The predicted octanol–water partition coefficient (Wildman–Crippen LogP) is 5.32. The van der Waals surface area contributed by atoms with Gasteiger partial charge in [0.2, 0.25) is 16.9 Å². The number of nitrogens with zero attached hydrogens (tertiary/aromatic N) is 7. The van der Waals surface area contributed by atoms with E-state index >= 15 is 0 Å². The monoisotopic (exact) mass is 490 g/mol. The first kappa shape index (κ1) is 22.7. The summed E-state index contributed by atoms with van der Waals surface area (Å²) in [4.78, 5) is 23.8. The van der Waals surface area contributed by atoms with Crippen molar-refractivity contribution in [2.75, 3.05) is 0 Å². The third-order valence-electron chi connectivity index (χ3n) is 2.94. The summed E-state index contributed by atoms with van der Waals surface area (Å²) in [5, 5.41) is 4.92. The van der Waals surface area contributed by atoms with Gasteiger partial charge in [-0.25, -0.2) is 23.7 Å². The summed E-state index contributed by atoms with van der Waals surface area (Å²) >= 11 is 19.5. The minimum Gasteiger partial charge on any atom is -0.316 e. The van der Waals surface area contributed by atoms with Crippen LogP contribution in [0.25, 0.3) is 21.0 Å². The molecule has 0 unspecified atom stereocenters. The average molecular weight is 492 g/mol. The number of hydrogen-bond donors (Lipinski definition) is 1. The van der Waals surface area contributed by atoms with E-state index in [4.69, 9.17) is 24.7 Å². The van der Waals surface area contributed by atoms with Gasteiger partial charge in [-0.1, -0.05) is 11.6 Å². The van der Waals surface area contributed by atoms with E-state index in [-0.39, 0.29) is 5.56 Å². The van der Waals surface area contributed by atoms with Gasteiger partial charge in [0.25, 0.3) is 0 Å². The number of aromatic nitrogens is 6. The molecule has 0 saturated heterocycles. The van der Waals surface area contributed by atoms with E-state index in [0.717, 1.165) is 0 Å². The summed E-state index contributed by atoms with van der Waals surface area (Å²) in [6.45, 7) is 13.6. The van der Waals surface area contributed by atoms with Crippen molar-refractivity contribution in [3.63, 3.8) is 0 Å². The lowest BCUT2D eigenvalue weighted by Gasteiger charge is -1.91. The fraction of sp³-hybridized carbons (Fsp3) is 0. The summed E-state index contributed by atoms with van der Waals surface area (Å²) in [7, 11) is 0. The minimum atomic E-state index is -3.22. The SMILES string of the molecule is O=P(Cl)(Cl)Cl.[C-]#[N+]c1cnn2ccc(=O)[nH]c12.[C-]#[N+]c1cnn2ccc(Cl)nc12. The molecule has 10 nitrogen and oxygen atoms in total. The molecule has 29 heavy (non-hydrogen) atoms. The van der Waals surface area contributed by atoms with E-state index in [1.807, 2.05) is 0 Å². The van der Waals surface area contributed by atoms with Crippen LogP contribution in [0.3, 0.4) is 0 Å². The van der Waals surface area contributed by atoms with Gasteiger partial charge in [0.05, 0.1) is 25.5 Å². The number of nitrogens with one attached hydrogen (secondary N) is 1. The van der Waals surface area contributed by atoms with E-state index in [2.05, 4.69) is 63.6 Å². The van der Waals surface area contributed by atoms with E-state index < -0.39 is 5.20 Å². The molecule has 4 rings (SSSR count). The van der Waals surface area contributed by atoms with E-state index in [0.29, 0.717) is 27.8 Å². The van der Waals surface area contributed by atoms with Gasteiger partial charge in [-0.15, -0.1) is 0 Å². The molecule has 0 radical (unpaired) electrons. The molecule has 1 N–H and O–H groups in total. The summed E-state index contributed by atoms with van der Waals surface area (Å²) in [6.07, 6.45) is 6.06. The number of rotatable bonds is 0. The van der Waals surface area contributed by atoms with E-state index in [1.54, 1.807) is 12.3 Å². The summed E-state index contributed by atoms with van der Waals surface area (Å²) in [5.41, 5.74) is 1.48. The number of H-pyrrole nitrogens is 1. The average Bonchev–Trinajstić information content (AvgIpc) is 3.23. The molecule has 0 aliphatic rings. The Hall–Kier alpha value is -2.59. The Balaban J connectivity index is 0.000000170. The largest absolute Gasteiger partial charge is 0.339 e. The maximum absolute atomic E-state index is 10.8. The second kappa shape index (κ2) is 9.75. The molecule has 0 atom stereocenters. The lowest BCUT2D eigenvalue weighted by atomic mass is 10.5. The van der Waals surface area contributed by atoms with Gasteiger partial charge < -0.3 is 4.98 Å². The normalized spacial score (nSPS) is 10.3. The second-order valence-electron chi connectivity index (χ2n) is 4.80. The molecule has 0 aliphatic carbocycles. The standard InChI is InChI=1S/C7H3ClN4.C7H4N4O.Cl3OP/c1-9-5-4-10-12-3-2-6(8)11-7(5)12;1-8-5-4-9-11-3-2-6(12)10-7(5)11;1-5(2,3)4/h2-4H;2-4H,(H,10,12);. The van der Waals surface area contributed by atoms with Crippen LogP contribution in [0.1, 0.15) is 0 Å². The zero-order valence-corrected chi connectivity index (χ0v) is 17.8. The van der Waals surface area contributed by atoms with Crippen molar-refractivity contribution in [3.8, 4) is 0 Å². The maximum Gasteiger partial charge on any atom is 0.339 e. The van der Waals surface area contributed by atoms with Crippen LogP contribution >= 0.6 is 50.5 Å². The Bertz CT molecular complexity index is 1340. The molecule has 0 fully saturated rings. The van der Waals surface area contributed by atoms with Crippen molar-refractivity contribution < 1.29 is 4.57 Å². The van der Waals surface area contributed by atoms with Crippen molar-refractivity contribution in [3.05, 3.63) is 75.3 Å². The van der Waals surface area contributed by atoms with E-state index in [1.165, 1.54) is 33.7 Å². The third-order valence-corrected chi connectivity index (χ3v) is 3.15. The van der Waals surface area contributed by atoms with Gasteiger partial charge in [0, 0.05) is 18.5 Å². The van der Waals surface area contributed by atoms with Gasteiger partial charge in [0.15, 0.2) is 5.65 Å². The maximum atomic E-state index is 10.8. The highest BCUT2D eigenvalue weighted by Gasteiger charge is 2.04. The van der Waals surface area contributed by atoms with Crippen molar-refractivity contribution in [2.45, 2.75) is 0 Å². The molecule has 0 aliphatic heterocycles. The zero-order valence-electron chi connectivity index (χ0n) is 13.9. The van der Waals surface area contributed by atoms with Gasteiger partial charge in [-0.3, -0.25) is 9.36 Å². The highest BCUT2D eigenvalue weighted by atomic mass is 36.0. The van der Waals surface area contributed by atoms with Crippen molar-refractivity contribution in [1.29, 1.82) is 0 Å². The van der Waals surface area contributed by atoms with Gasteiger partial charge in [-0.2, -0.15) is 10.2 Å². The van der Waals surface area contributed by atoms with Crippen LogP contribution in [0, 0.1) is 13.1 Å². The Morgan fingerprint density at radius 1 is 1.00 bits per heavy atom. The number of aromatic amines is 1. The highest BCUT2D eigenvalue weighted by Crippen LogP contribution is 2.61. The molecular weight excluding hydrogens is 485 g/mol. The van der Waals surface area contributed by atoms with Crippen LogP contribution in [0.4, 0.5) is 11.4 Å². The molecule has 15 heteroatoms. The zero-order chi connectivity index (χ0) is 21.6. The minimum absolute atomic E-state index is 0.229. The second-order valence-corrected chi connectivity index (χ2v) is 11.8. The van der Waals surface area contributed by atoms with Gasteiger partial charge >= 0.3 is 5.20 Å². The molecule has 4 aromatic rings. The van der Waals surface area contributed by atoms with E-state index in [9.17, 15) is 9.36 Å². The van der Waals surface area contributed by atoms with Crippen LogP contribution in [0.5, 0.6) is 0 Å². The first-order valence-corrected chi connectivity index (χ1v) is 11.9. The smallest absolute Gasteiger partial charge is 0.316 e. The quantitative estimate of drug-likeness (QED) is 0.203. The molecular formula is C14H7Cl4N8O2P. The Labute approximate surface area is 182 Å². The van der Waals surface area contributed by atoms with Crippen molar-refractivity contribution >= 4 is 73.2 Å². The summed E-state index contributed by atoms with van der Waals surface area (Å²) in [6, 6.07) is 2.98. The summed E-state index contributed by atoms with van der Waals surface area (Å²) < 4.78 is 12.5. The van der Waals surface area contributed by atoms with Crippen molar-refractivity contribution in [2.24, 2.45) is 0 Å². The van der Waals surface area contributed by atoms with Gasteiger partial charge in [-0.05, 0) is 39.8 Å². The van der Waals surface area contributed by atoms with Crippen LogP contribution in [-0.4, -0.2) is 29.2 Å².